The summed E-state index contributed by atoms with van der Waals surface area (Å²) in [5.74, 6) is 0. The van der Waals surface area contributed by atoms with Gasteiger partial charge in [-0.1, -0.05) is 82.9 Å². The Labute approximate surface area is 137 Å². The number of rotatable bonds is 11. The minimum absolute atomic E-state index is 0.189. The third-order valence-electron chi connectivity index (χ3n) is 4.45. The van der Waals surface area contributed by atoms with Crippen LogP contribution < -0.4 is 0 Å². The number of hydrogen-bond donors (Lipinski definition) is 0. The van der Waals surface area contributed by atoms with Gasteiger partial charge in [-0.2, -0.15) is 0 Å². The first kappa shape index (κ1) is 18.6. The summed E-state index contributed by atoms with van der Waals surface area (Å²) in [6.07, 6.45) is 13.5. The lowest BCUT2D eigenvalue weighted by Gasteiger charge is -2.11. The van der Waals surface area contributed by atoms with Crippen LogP contribution in [0.4, 0.5) is 0 Å². The van der Waals surface area contributed by atoms with Crippen molar-refractivity contribution in [3.8, 4) is 0 Å². The molecule has 0 aromatic heterocycles. The van der Waals surface area contributed by atoms with Gasteiger partial charge in [0.15, 0.2) is 0 Å². The molecule has 21 heavy (non-hydrogen) atoms. The van der Waals surface area contributed by atoms with Gasteiger partial charge < -0.3 is 0 Å². The fourth-order valence-electron chi connectivity index (χ4n) is 2.76. The second-order valence-corrected chi connectivity index (χ2v) is 6.96. The van der Waals surface area contributed by atoms with E-state index >= 15 is 0 Å². The summed E-state index contributed by atoms with van der Waals surface area (Å²) in [6, 6.07) is 6.63. The first-order valence-corrected chi connectivity index (χ1v) is 9.30. The summed E-state index contributed by atoms with van der Waals surface area (Å²) < 4.78 is 0. The van der Waals surface area contributed by atoms with Gasteiger partial charge in [0.25, 0.3) is 0 Å². The summed E-state index contributed by atoms with van der Waals surface area (Å²) in [5.41, 5.74) is 4.00. The Bertz CT molecular complexity index is 383. The molecule has 0 spiro atoms. The quantitative estimate of drug-likeness (QED) is 0.293. The summed E-state index contributed by atoms with van der Waals surface area (Å²) in [5, 5.41) is 0.189. The molecule has 0 N–H and O–H groups in total. The predicted octanol–water partition coefficient (Wildman–Crippen LogP) is 7.50. The molecule has 1 heteroatoms. The summed E-state index contributed by atoms with van der Waals surface area (Å²) in [4.78, 5) is 0. The van der Waals surface area contributed by atoms with E-state index in [1.54, 1.807) is 0 Å². The monoisotopic (exact) mass is 308 g/mol. The van der Waals surface area contributed by atoms with E-state index in [0.29, 0.717) is 0 Å². The van der Waals surface area contributed by atoms with Gasteiger partial charge in [-0.3, -0.25) is 0 Å². The number of aryl methyl sites for hydroxylation is 2. The van der Waals surface area contributed by atoms with Gasteiger partial charge in [0.1, 0.15) is 0 Å². The normalized spacial score (nSPS) is 12.6. The standard InChI is InChI=1S/C20H33Cl/c1-4-5-6-7-8-9-10-11-12-13-20(21)19-15-14-17(2)18(3)16-19/h14-16,20H,4-13H2,1-3H3. The van der Waals surface area contributed by atoms with Gasteiger partial charge in [-0.15, -0.1) is 11.6 Å². The van der Waals surface area contributed by atoms with Crippen molar-refractivity contribution in [1.29, 1.82) is 0 Å². The molecular weight excluding hydrogens is 276 g/mol. The van der Waals surface area contributed by atoms with Crippen LogP contribution in [0, 0.1) is 13.8 Å². The molecule has 1 aromatic rings. The molecule has 0 bridgehead atoms. The van der Waals surface area contributed by atoms with Crippen molar-refractivity contribution >= 4 is 11.6 Å². The Morgan fingerprint density at radius 3 is 1.95 bits per heavy atom. The number of hydrogen-bond acceptors (Lipinski definition) is 0. The average Bonchev–Trinajstić information content (AvgIpc) is 2.48. The van der Waals surface area contributed by atoms with Crippen LogP contribution in [0.1, 0.15) is 93.2 Å². The maximum atomic E-state index is 6.53. The Balaban J connectivity index is 2.08. The van der Waals surface area contributed by atoms with Gasteiger partial charge in [0.05, 0.1) is 5.38 Å². The summed E-state index contributed by atoms with van der Waals surface area (Å²) in [7, 11) is 0. The van der Waals surface area contributed by atoms with Crippen molar-refractivity contribution in [1.82, 2.24) is 0 Å². The van der Waals surface area contributed by atoms with Crippen LogP contribution in [-0.2, 0) is 0 Å². The first-order valence-electron chi connectivity index (χ1n) is 8.86. The average molecular weight is 309 g/mol. The van der Waals surface area contributed by atoms with E-state index in [-0.39, 0.29) is 5.38 Å². The second kappa shape index (κ2) is 11.1. The largest absolute Gasteiger partial charge is 0.118 e. The smallest absolute Gasteiger partial charge is 0.0585 e. The molecule has 1 rings (SSSR count). The summed E-state index contributed by atoms with van der Waals surface area (Å²) >= 11 is 6.53. The topological polar surface area (TPSA) is 0 Å². The molecule has 0 heterocycles. The lowest BCUT2D eigenvalue weighted by molar-refractivity contribution is 0.554. The van der Waals surface area contributed by atoms with Gasteiger partial charge in [0.2, 0.25) is 0 Å². The van der Waals surface area contributed by atoms with E-state index < -0.39 is 0 Å². The molecular formula is C20H33Cl. The molecule has 1 unspecified atom stereocenters. The van der Waals surface area contributed by atoms with Crippen molar-refractivity contribution in [3.05, 3.63) is 34.9 Å². The Morgan fingerprint density at radius 2 is 1.38 bits per heavy atom. The maximum Gasteiger partial charge on any atom is 0.0585 e. The van der Waals surface area contributed by atoms with Crippen molar-refractivity contribution in [2.24, 2.45) is 0 Å². The van der Waals surface area contributed by atoms with E-state index in [1.807, 2.05) is 0 Å². The van der Waals surface area contributed by atoms with Crippen molar-refractivity contribution in [3.63, 3.8) is 0 Å². The highest BCUT2D eigenvalue weighted by molar-refractivity contribution is 6.20. The molecule has 0 saturated heterocycles. The van der Waals surface area contributed by atoms with Crippen molar-refractivity contribution in [2.45, 2.75) is 90.4 Å². The fraction of sp³-hybridized carbons (Fsp3) is 0.700. The van der Waals surface area contributed by atoms with E-state index in [0.717, 1.165) is 6.42 Å². The number of alkyl halides is 1. The molecule has 0 aliphatic rings. The summed E-state index contributed by atoms with van der Waals surface area (Å²) in [6.45, 7) is 6.60. The zero-order valence-electron chi connectivity index (χ0n) is 14.3. The van der Waals surface area contributed by atoms with E-state index in [2.05, 4.69) is 39.0 Å². The lowest BCUT2D eigenvalue weighted by Crippen LogP contribution is -1.93. The highest BCUT2D eigenvalue weighted by Crippen LogP contribution is 2.28. The Kier molecular flexibility index (Phi) is 9.83. The third-order valence-corrected chi connectivity index (χ3v) is 4.92. The molecule has 120 valence electrons. The maximum absolute atomic E-state index is 6.53. The van der Waals surface area contributed by atoms with E-state index in [1.165, 1.54) is 74.5 Å². The Hall–Kier alpha value is -0.490. The zero-order chi connectivity index (χ0) is 15.5. The molecule has 0 aliphatic carbocycles. The van der Waals surface area contributed by atoms with Crippen LogP contribution >= 0.6 is 11.6 Å². The molecule has 0 nitrogen and oxygen atoms in total. The van der Waals surface area contributed by atoms with Gasteiger partial charge in [0, 0.05) is 0 Å². The van der Waals surface area contributed by atoms with Crippen LogP contribution in [0.15, 0.2) is 18.2 Å². The molecule has 0 amide bonds. The van der Waals surface area contributed by atoms with E-state index in [9.17, 15) is 0 Å². The van der Waals surface area contributed by atoms with Crippen molar-refractivity contribution in [2.75, 3.05) is 0 Å². The highest BCUT2D eigenvalue weighted by atomic mass is 35.5. The lowest BCUT2D eigenvalue weighted by atomic mass is 10.0. The predicted molar refractivity (Wildman–Crippen MR) is 96.4 cm³/mol. The SMILES string of the molecule is CCCCCCCCCCCC(Cl)c1ccc(C)c(C)c1. The molecule has 0 aliphatic heterocycles. The fourth-order valence-corrected chi connectivity index (χ4v) is 3.05. The molecule has 1 aromatic carbocycles. The molecule has 0 fully saturated rings. The number of halogens is 1. The number of unbranched alkanes of at least 4 members (excludes halogenated alkanes) is 8. The van der Waals surface area contributed by atoms with Crippen LogP contribution in [0.25, 0.3) is 0 Å². The molecule has 0 saturated carbocycles. The van der Waals surface area contributed by atoms with E-state index in [4.69, 9.17) is 11.6 Å². The van der Waals surface area contributed by atoms with Crippen LogP contribution in [0.3, 0.4) is 0 Å². The minimum Gasteiger partial charge on any atom is -0.118 e. The third kappa shape index (κ3) is 7.90. The van der Waals surface area contributed by atoms with Gasteiger partial charge in [-0.25, -0.2) is 0 Å². The second-order valence-electron chi connectivity index (χ2n) is 6.43. The van der Waals surface area contributed by atoms with Crippen molar-refractivity contribution < 1.29 is 0 Å². The van der Waals surface area contributed by atoms with Crippen LogP contribution in [0.2, 0.25) is 0 Å². The molecule has 1 atom stereocenters. The minimum atomic E-state index is 0.189. The first-order chi connectivity index (χ1) is 10.1. The van der Waals surface area contributed by atoms with Gasteiger partial charge in [-0.05, 0) is 37.0 Å². The zero-order valence-corrected chi connectivity index (χ0v) is 15.0. The Morgan fingerprint density at radius 1 is 0.810 bits per heavy atom. The van der Waals surface area contributed by atoms with Gasteiger partial charge >= 0.3 is 0 Å². The number of benzene rings is 1. The van der Waals surface area contributed by atoms with Crippen LogP contribution in [0.5, 0.6) is 0 Å². The molecule has 0 radical (unpaired) electrons. The highest BCUT2D eigenvalue weighted by Gasteiger charge is 2.08. The van der Waals surface area contributed by atoms with Crippen LogP contribution in [-0.4, -0.2) is 0 Å².